The first-order chi connectivity index (χ1) is 14.0. The number of carbonyl (C=O) groups excluding carboxylic acids is 2. The quantitative estimate of drug-likeness (QED) is 0.373. The maximum absolute atomic E-state index is 13.4. The van der Waals surface area contributed by atoms with Gasteiger partial charge >= 0.3 is 0 Å². The van der Waals surface area contributed by atoms with Crippen molar-refractivity contribution >= 4 is 34.7 Å². The molecule has 0 spiro atoms. The van der Waals surface area contributed by atoms with Crippen molar-refractivity contribution in [3.8, 4) is 0 Å². The molecular formula is C23H15ClFNO3. The molecule has 1 fully saturated rings. The number of amides is 1. The van der Waals surface area contributed by atoms with Gasteiger partial charge in [-0.25, -0.2) is 4.39 Å². The summed E-state index contributed by atoms with van der Waals surface area (Å²) < 4.78 is 13.4. The number of benzene rings is 3. The van der Waals surface area contributed by atoms with Crippen LogP contribution >= 0.6 is 11.6 Å². The lowest BCUT2D eigenvalue weighted by molar-refractivity contribution is -0.132. The zero-order chi connectivity index (χ0) is 20.5. The third kappa shape index (κ3) is 3.41. The smallest absolute Gasteiger partial charge is 0.300 e. The molecule has 4 rings (SSSR count). The number of Topliss-reactive ketones (excluding diaryl/α,β-unsaturated/α-hetero) is 1. The number of nitrogens with zero attached hydrogens (tertiary/aromatic N) is 1. The maximum atomic E-state index is 13.4. The number of rotatable bonds is 3. The van der Waals surface area contributed by atoms with Gasteiger partial charge in [0.25, 0.3) is 11.7 Å². The lowest BCUT2D eigenvalue weighted by Gasteiger charge is -2.25. The van der Waals surface area contributed by atoms with Crippen LogP contribution in [-0.4, -0.2) is 16.8 Å². The Kier molecular flexibility index (Phi) is 4.91. The molecule has 1 aliphatic heterocycles. The highest BCUT2D eigenvalue weighted by Gasteiger charge is 2.46. The van der Waals surface area contributed by atoms with Gasteiger partial charge in [0.1, 0.15) is 11.6 Å². The van der Waals surface area contributed by atoms with E-state index in [1.807, 2.05) is 0 Å². The summed E-state index contributed by atoms with van der Waals surface area (Å²) >= 11 is 5.99. The van der Waals surface area contributed by atoms with Gasteiger partial charge in [-0.1, -0.05) is 54.1 Å². The van der Waals surface area contributed by atoms with Crippen molar-refractivity contribution in [1.82, 2.24) is 0 Å². The summed E-state index contributed by atoms with van der Waals surface area (Å²) in [5, 5.41) is 11.4. The third-order valence-electron chi connectivity index (χ3n) is 4.78. The monoisotopic (exact) mass is 407 g/mol. The first-order valence-electron chi connectivity index (χ1n) is 8.85. The molecule has 4 nitrogen and oxygen atoms in total. The normalized spacial score (nSPS) is 18.3. The van der Waals surface area contributed by atoms with Crippen LogP contribution in [0.4, 0.5) is 10.1 Å². The molecule has 3 aromatic rings. The summed E-state index contributed by atoms with van der Waals surface area (Å²) in [6.07, 6.45) is 0. The van der Waals surface area contributed by atoms with Gasteiger partial charge in [-0.3, -0.25) is 14.5 Å². The van der Waals surface area contributed by atoms with Gasteiger partial charge < -0.3 is 5.11 Å². The fraction of sp³-hybridized carbons (Fsp3) is 0.0435. The minimum atomic E-state index is -0.877. The molecule has 0 saturated carbocycles. The van der Waals surface area contributed by atoms with Crippen molar-refractivity contribution in [3.63, 3.8) is 0 Å². The van der Waals surface area contributed by atoms with E-state index in [-0.39, 0.29) is 11.3 Å². The summed E-state index contributed by atoms with van der Waals surface area (Å²) in [4.78, 5) is 27.1. The summed E-state index contributed by atoms with van der Waals surface area (Å²) in [7, 11) is 0. The number of aliphatic hydroxyl groups is 1. The maximum Gasteiger partial charge on any atom is 0.300 e. The Morgan fingerprint density at radius 2 is 1.52 bits per heavy atom. The van der Waals surface area contributed by atoms with Crippen molar-refractivity contribution in [2.75, 3.05) is 4.90 Å². The van der Waals surface area contributed by atoms with Crippen LogP contribution in [0.25, 0.3) is 5.76 Å². The third-order valence-corrected chi connectivity index (χ3v) is 5.03. The van der Waals surface area contributed by atoms with E-state index in [1.165, 1.54) is 29.2 Å². The number of aliphatic hydroxyl groups excluding tert-OH is 1. The topological polar surface area (TPSA) is 57.6 Å². The van der Waals surface area contributed by atoms with E-state index >= 15 is 0 Å². The summed E-state index contributed by atoms with van der Waals surface area (Å²) in [6, 6.07) is 19.6. The van der Waals surface area contributed by atoms with Crippen LogP contribution in [0.2, 0.25) is 5.02 Å². The molecule has 6 heteroatoms. The molecule has 0 aliphatic carbocycles. The number of halogens is 2. The molecule has 0 radical (unpaired) electrons. The standard InChI is InChI=1S/C23H15ClFNO3/c24-16-8-6-14(7-9-16)20-19(21(27)15-4-2-1-3-5-15)22(28)23(29)26(20)18-12-10-17(25)11-13-18/h1-13,20,27H/t20-/m0/s1. The molecule has 1 saturated heterocycles. The molecule has 0 bridgehead atoms. The highest BCUT2D eigenvalue weighted by atomic mass is 35.5. The second-order valence-corrected chi connectivity index (χ2v) is 7.00. The Labute approximate surface area is 171 Å². The van der Waals surface area contributed by atoms with Gasteiger partial charge in [0.05, 0.1) is 11.6 Å². The minimum absolute atomic E-state index is 0.0344. The molecule has 29 heavy (non-hydrogen) atoms. The van der Waals surface area contributed by atoms with Crippen LogP contribution in [0.5, 0.6) is 0 Å². The molecule has 1 aliphatic rings. The van der Waals surface area contributed by atoms with E-state index in [4.69, 9.17) is 11.6 Å². The van der Waals surface area contributed by atoms with Gasteiger partial charge in [-0.2, -0.15) is 0 Å². The second kappa shape index (κ2) is 7.53. The first-order valence-corrected chi connectivity index (χ1v) is 9.22. The van der Waals surface area contributed by atoms with Gasteiger partial charge in [-0.15, -0.1) is 0 Å². The van der Waals surface area contributed by atoms with E-state index in [2.05, 4.69) is 0 Å². The van der Waals surface area contributed by atoms with Crippen molar-refractivity contribution in [2.45, 2.75) is 6.04 Å². The lowest BCUT2D eigenvalue weighted by Crippen LogP contribution is -2.29. The molecule has 1 N–H and O–H groups in total. The Balaban J connectivity index is 1.94. The van der Waals surface area contributed by atoms with E-state index in [0.717, 1.165) is 0 Å². The average molecular weight is 408 g/mol. The number of ketones is 1. The van der Waals surface area contributed by atoms with Gasteiger partial charge in [-0.05, 0) is 42.0 Å². The van der Waals surface area contributed by atoms with Crippen LogP contribution in [0.15, 0.2) is 84.4 Å². The highest BCUT2D eigenvalue weighted by molar-refractivity contribution is 6.51. The highest BCUT2D eigenvalue weighted by Crippen LogP contribution is 2.42. The van der Waals surface area contributed by atoms with Crippen LogP contribution in [0.1, 0.15) is 17.2 Å². The minimum Gasteiger partial charge on any atom is -0.507 e. The zero-order valence-corrected chi connectivity index (χ0v) is 15.8. The van der Waals surface area contributed by atoms with E-state index in [9.17, 15) is 19.1 Å². The summed E-state index contributed by atoms with van der Waals surface area (Å²) in [6.45, 7) is 0. The molecule has 0 unspecified atom stereocenters. The van der Waals surface area contributed by atoms with Crippen LogP contribution < -0.4 is 4.90 Å². The molecule has 144 valence electrons. The number of anilines is 1. The molecule has 1 heterocycles. The SMILES string of the molecule is O=C1C(=O)N(c2ccc(F)cc2)[C@@H](c2ccc(Cl)cc2)C1=C(O)c1ccccc1. The molecular weight excluding hydrogens is 393 g/mol. The average Bonchev–Trinajstić information content (AvgIpc) is 3.00. The first kappa shape index (κ1) is 18.9. The Hall–Kier alpha value is -3.44. The van der Waals surface area contributed by atoms with Crippen LogP contribution in [0, 0.1) is 5.82 Å². The predicted molar refractivity (Wildman–Crippen MR) is 109 cm³/mol. The molecule has 3 aromatic carbocycles. The van der Waals surface area contributed by atoms with Crippen LogP contribution in [-0.2, 0) is 9.59 Å². The summed E-state index contributed by atoms with van der Waals surface area (Å²) in [5.74, 6) is -2.34. The fourth-order valence-corrected chi connectivity index (χ4v) is 3.54. The Morgan fingerprint density at radius 3 is 2.14 bits per heavy atom. The zero-order valence-electron chi connectivity index (χ0n) is 15.0. The van der Waals surface area contributed by atoms with Crippen molar-refractivity contribution in [1.29, 1.82) is 0 Å². The van der Waals surface area contributed by atoms with Crippen LogP contribution in [0.3, 0.4) is 0 Å². The van der Waals surface area contributed by atoms with Gasteiger partial charge in [0.2, 0.25) is 0 Å². The summed E-state index contributed by atoms with van der Waals surface area (Å²) in [5.41, 5.74) is 1.33. The number of hydrogen-bond donors (Lipinski definition) is 1. The largest absolute Gasteiger partial charge is 0.507 e. The molecule has 1 amide bonds. The number of carbonyl (C=O) groups is 2. The van der Waals surface area contributed by atoms with E-state index in [1.54, 1.807) is 54.6 Å². The van der Waals surface area contributed by atoms with E-state index in [0.29, 0.717) is 21.8 Å². The molecule has 1 atom stereocenters. The van der Waals surface area contributed by atoms with E-state index < -0.39 is 23.5 Å². The fourth-order valence-electron chi connectivity index (χ4n) is 3.41. The van der Waals surface area contributed by atoms with Gasteiger partial charge in [0, 0.05) is 16.3 Å². The Morgan fingerprint density at radius 1 is 0.897 bits per heavy atom. The Bertz CT molecular complexity index is 1110. The second-order valence-electron chi connectivity index (χ2n) is 6.56. The van der Waals surface area contributed by atoms with Crippen molar-refractivity contribution in [2.24, 2.45) is 0 Å². The lowest BCUT2D eigenvalue weighted by atomic mass is 9.95. The predicted octanol–water partition coefficient (Wildman–Crippen LogP) is 5.11. The number of hydrogen-bond acceptors (Lipinski definition) is 3. The van der Waals surface area contributed by atoms with Crippen molar-refractivity contribution < 1.29 is 19.1 Å². The molecule has 0 aromatic heterocycles. The van der Waals surface area contributed by atoms with Crippen molar-refractivity contribution in [3.05, 3.63) is 106 Å². The van der Waals surface area contributed by atoms with Gasteiger partial charge in [0.15, 0.2) is 0 Å².